The monoisotopic (exact) mass is 249 g/mol. The molecule has 0 fully saturated rings. The van der Waals surface area contributed by atoms with Gasteiger partial charge in [0, 0.05) is 5.56 Å². The highest BCUT2D eigenvalue weighted by molar-refractivity contribution is 5.98. The molecule has 0 spiro atoms. The van der Waals surface area contributed by atoms with Gasteiger partial charge in [0.25, 0.3) is 5.91 Å². The number of amides is 1. The summed E-state index contributed by atoms with van der Waals surface area (Å²) in [5, 5.41) is 11.6. The van der Waals surface area contributed by atoms with Crippen molar-refractivity contribution in [2.24, 2.45) is 0 Å². The third-order valence-corrected chi connectivity index (χ3v) is 3.03. The van der Waals surface area contributed by atoms with E-state index in [1.807, 2.05) is 26.8 Å². The molecule has 0 heterocycles. The van der Waals surface area contributed by atoms with E-state index in [2.05, 4.69) is 5.32 Å². The largest absolute Gasteiger partial charge is 0.480 e. The SMILES string of the molecule is CCC[C@H](NC(=O)c1cccc(C)c1C)C(=O)O. The topological polar surface area (TPSA) is 66.4 Å². The molecule has 0 radical (unpaired) electrons. The summed E-state index contributed by atoms with van der Waals surface area (Å²) in [6, 6.07) is 4.62. The van der Waals surface area contributed by atoms with Crippen LogP contribution in [0.25, 0.3) is 0 Å². The molecule has 1 aromatic rings. The number of hydrogen-bond donors (Lipinski definition) is 2. The summed E-state index contributed by atoms with van der Waals surface area (Å²) >= 11 is 0. The van der Waals surface area contributed by atoms with Gasteiger partial charge in [-0.15, -0.1) is 0 Å². The van der Waals surface area contributed by atoms with E-state index in [1.165, 1.54) is 0 Å². The Bertz CT molecular complexity index is 454. The molecule has 0 aliphatic carbocycles. The zero-order valence-corrected chi connectivity index (χ0v) is 11.0. The van der Waals surface area contributed by atoms with Crippen molar-refractivity contribution in [1.29, 1.82) is 0 Å². The molecule has 0 bridgehead atoms. The predicted molar refractivity (Wildman–Crippen MR) is 69.7 cm³/mol. The summed E-state index contributed by atoms with van der Waals surface area (Å²) in [5.74, 6) is -1.31. The van der Waals surface area contributed by atoms with Crippen LogP contribution in [0.3, 0.4) is 0 Å². The molecule has 1 aromatic carbocycles. The first-order chi connectivity index (χ1) is 8.47. The summed E-state index contributed by atoms with van der Waals surface area (Å²) in [5.41, 5.74) is 2.44. The fraction of sp³-hybridized carbons (Fsp3) is 0.429. The number of benzene rings is 1. The molecule has 1 amide bonds. The molecule has 0 aromatic heterocycles. The number of carboxylic acids is 1. The van der Waals surface area contributed by atoms with Crippen molar-refractivity contribution >= 4 is 11.9 Å². The van der Waals surface area contributed by atoms with Gasteiger partial charge in [-0.05, 0) is 37.5 Å². The third kappa shape index (κ3) is 3.32. The van der Waals surface area contributed by atoms with Gasteiger partial charge in [-0.25, -0.2) is 4.79 Å². The smallest absolute Gasteiger partial charge is 0.326 e. The Hall–Kier alpha value is -1.84. The van der Waals surface area contributed by atoms with Crippen molar-refractivity contribution < 1.29 is 14.7 Å². The fourth-order valence-corrected chi connectivity index (χ4v) is 1.78. The lowest BCUT2D eigenvalue weighted by Gasteiger charge is -2.15. The van der Waals surface area contributed by atoms with Crippen LogP contribution in [-0.2, 0) is 4.79 Å². The van der Waals surface area contributed by atoms with Crippen molar-refractivity contribution in [2.45, 2.75) is 39.7 Å². The van der Waals surface area contributed by atoms with Crippen LogP contribution in [0.15, 0.2) is 18.2 Å². The number of carbonyl (C=O) groups is 2. The van der Waals surface area contributed by atoms with Crippen molar-refractivity contribution in [3.8, 4) is 0 Å². The van der Waals surface area contributed by atoms with Crippen LogP contribution in [0.4, 0.5) is 0 Å². The van der Waals surface area contributed by atoms with E-state index in [9.17, 15) is 9.59 Å². The maximum Gasteiger partial charge on any atom is 0.326 e. The van der Waals surface area contributed by atoms with E-state index in [0.29, 0.717) is 18.4 Å². The van der Waals surface area contributed by atoms with Crippen molar-refractivity contribution in [3.05, 3.63) is 34.9 Å². The van der Waals surface area contributed by atoms with Gasteiger partial charge in [-0.3, -0.25) is 4.79 Å². The van der Waals surface area contributed by atoms with Crippen LogP contribution in [-0.4, -0.2) is 23.0 Å². The van der Waals surface area contributed by atoms with E-state index < -0.39 is 12.0 Å². The lowest BCUT2D eigenvalue weighted by molar-refractivity contribution is -0.139. The Morgan fingerprint density at radius 3 is 2.56 bits per heavy atom. The molecule has 0 aliphatic heterocycles. The summed E-state index contributed by atoms with van der Waals surface area (Å²) in [4.78, 5) is 23.0. The number of carboxylic acid groups (broad SMARTS) is 1. The highest BCUT2D eigenvalue weighted by Gasteiger charge is 2.20. The van der Waals surface area contributed by atoms with E-state index in [-0.39, 0.29) is 5.91 Å². The fourth-order valence-electron chi connectivity index (χ4n) is 1.78. The van der Waals surface area contributed by atoms with Gasteiger partial charge < -0.3 is 10.4 Å². The van der Waals surface area contributed by atoms with E-state index in [4.69, 9.17) is 5.11 Å². The average Bonchev–Trinajstić information content (AvgIpc) is 2.31. The molecular formula is C14H19NO3. The minimum Gasteiger partial charge on any atom is -0.480 e. The molecule has 0 saturated carbocycles. The van der Waals surface area contributed by atoms with Crippen molar-refractivity contribution in [1.82, 2.24) is 5.32 Å². The molecule has 4 nitrogen and oxygen atoms in total. The molecule has 1 atom stereocenters. The van der Waals surface area contributed by atoms with Gasteiger partial charge in [-0.2, -0.15) is 0 Å². The Morgan fingerprint density at radius 2 is 2.00 bits per heavy atom. The molecule has 0 unspecified atom stereocenters. The second-order valence-corrected chi connectivity index (χ2v) is 4.40. The van der Waals surface area contributed by atoms with Gasteiger partial charge in [0.1, 0.15) is 6.04 Å². The first-order valence-corrected chi connectivity index (χ1v) is 6.07. The van der Waals surface area contributed by atoms with E-state index >= 15 is 0 Å². The maximum atomic E-state index is 12.0. The molecule has 98 valence electrons. The predicted octanol–water partition coefficient (Wildman–Crippen LogP) is 2.29. The van der Waals surface area contributed by atoms with Gasteiger partial charge >= 0.3 is 5.97 Å². The number of aryl methyl sites for hydroxylation is 1. The quantitative estimate of drug-likeness (QED) is 0.841. The molecule has 4 heteroatoms. The average molecular weight is 249 g/mol. The van der Waals surface area contributed by atoms with Gasteiger partial charge in [0.15, 0.2) is 0 Å². The first kappa shape index (κ1) is 14.2. The minimum atomic E-state index is -0.990. The zero-order valence-electron chi connectivity index (χ0n) is 11.0. The second kappa shape index (κ2) is 6.19. The molecule has 2 N–H and O–H groups in total. The number of carbonyl (C=O) groups excluding carboxylic acids is 1. The molecule has 0 saturated heterocycles. The van der Waals surface area contributed by atoms with Crippen LogP contribution in [0.5, 0.6) is 0 Å². The zero-order chi connectivity index (χ0) is 13.7. The van der Waals surface area contributed by atoms with Crippen LogP contribution in [0.2, 0.25) is 0 Å². The number of rotatable bonds is 5. The molecule has 18 heavy (non-hydrogen) atoms. The van der Waals surface area contributed by atoms with E-state index in [1.54, 1.807) is 12.1 Å². The molecular weight excluding hydrogens is 230 g/mol. The van der Waals surface area contributed by atoms with Gasteiger partial charge in [0.2, 0.25) is 0 Å². The Kier molecular flexibility index (Phi) is 4.89. The van der Waals surface area contributed by atoms with Gasteiger partial charge in [0.05, 0.1) is 0 Å². The Labute approximate surface area is 107 Å². The summed E-state index contributed by atoms with van der Waals surface area (Å²) in [6.45, 7) is 5.67. The van der Waals surface area contributed by atoms with Crippen LogP contribution >= 0.6 is 0 Å². The van der Waals surface area contributed by atoms with Crippen LogP contribution in [0, 0.1) is 13.8 Å². The summed E-state index contributed by atoms with van der Waals surface area (Å²) in [6.07, 6.45) is 1.15. The maximum absolute atomic E-state index is 12.0. The van der Waals surface area contributed by atoms with Crippen LogP contribution < -0.4 is 5.32 Å². The standard InChI is InChI=1S/C14H19NO3/c1-4-6-12(14(17)18)15-13(16)11-8-5-7-9(2)10(11)3/h5,7-8,12H,4,6H2,1-3H3,(H,15,16)(H,17,18)/t12-/m0/s1. The van der Waals surface area contributed by atoms with Crippen molar-refractivity contribution in [3.63, 3.8) is 0 Å². The lowest BCUT2D eigenvalue weighted by atomic mass is 10.0. The number of hydrogen-bond acceptors (Lipinski definition) is 2. The summed E-state index contributed by atoms with van der Waals surface area (Å²) in [7, 11) is 0. The normalized spacial score (nSPS) is 11.9. The Balaban J connectivity index is 2.87. The Morgan fingerprint density at radius 1 is 1.33 bits per heavy atom. The van der Waals surface area contributed by atoms with Gasteiger partial charge in [-0.1, -0.05) is 25.5 Å². The third-order valence-electron chi connectivity index (χ3n) is 3.03. The summed E-state index contributed by atoms with van der Waals surface area (Å²) < 4.78 is 0. The number of aliphatic carboxylic acids is 1. The minimum absolute atomic E-state index is 0.322. The second-order valence-electron chi connectivity index (χ2n) is 4.40. The van der Waals surface area contributed by atoms with E-state index in [0.717, 1.165) is 11.1 Å². The molecule has 1 rings (SSSR count). The first-order valence-electron chi connectivity index (χ1n) is 6.07. The van der Waals surface area contributed by atoms with Crippen molar-refractivity contribution in [2.75, 3.05) is 0 Å². The lowest BCUT2D eigenvalue weighted by Crippen LogP contribution is -2.40. The highest BCUT2D eigenvalue weighted by atomic mass is 16.4. The van der Waals surface area contributed by atoms with Crippen LogP contribution in [0.1, 0.15) is 41.3 Å². The molecule has 0 aliphatic rings. The highest BCUT2D eigenvalue weighted by Crippen LogP contribution is 2.13. The number of nitrogens with one attached hydrogen (secondary N) is 1.